The maximum absolute atomic E-state index is 12.6. The number of carbonyl (C=O) groups excluding carboxylic acids is 1. The zero-order valence-electron chi connectivity index (χ0n) is 15.4. The molecule has 0 saturated carbocycles. The molecule has 0 radical (unpaired) electrons. The highest BCUT2D eigenvalue weighted by atomic mass is 35.5. The summed E-state index contributed by atoms with van der Waals surface area (Å²) in [7, 11) is 3.21. The van der Waals surface area contributed by atoms with Gasteiger partial charge in [0.2, 0.25) is 5.91 Å². The minimum Gasteiger partial charge on any atom is -0.493 e. The fourth-order valence-electron chi connectivity index (χ4n) is 2.55. The molecule has 0 aliphatic heterocycles. The van der Waals surface area contributed by atoms with E-state index in [1.165, 1.54) is 11.8 Å². The van der Waals surface area contributed by atoms with Crippen LogP contribution in [0.5, 0.6) is 11.5 Å². The molecule has 0 saturated heterocycles. The highest BCUT2D eigenvalue weighted by Gasteiger charge is 2.20. The molecule has 0 aromatic heterocycles. The van der Waals surface area contributed by atoms with Crippen molar-refractivity contribution in [3.05, 3.63) is 53.1 Å². The van der Waals surface area contributed by atoms with Crippen LogP contribution in [0.25, 0.3) is 0 Å². The third-order valence-electron chi connectivity index (χ3n) is 4.03. The highest BCUT2D eigenvalue weighted by Crippen LogP contribution is 2.31. The number of hydrogen-bond acceptors (Lipinski definition) is 4. The summed E-state index contributed by atoms with van der Waals surface area (Å²) in [6.07, 6.45) is 0.777. The molecule has 1 amide bonds. The second-order valence-electron chi connectivity index (χ2n) is 5.80. The van der Waals surface area contributed by atoms with Crippen LogP contribution in [-0.4, -0.2) is 25.4 Å². The monoisotopic (exact) mass is 393 g/mol. The van der Waals surface area contributed by atoms with E-state index in [0.29, 0.717) is 16.5 Å². The van der Waals surface area contributed by atoms with Crippen molar-refractivity contribution in [2.24, 2.45) is 0 Å². The lowest BCUT2D eigenvalue weighted by Gasteiger charge is -2.21. The van der Waals surface area contributed by atoms with Crippen LogP contribution in [0.15, 0.2) is 47.4 Å². The summed E-state index contributed by atoms with van der Waals surface area (Å²) < 4.78 is 10.6. The van der Waals surface area contributed by atoms with Crippen LogP contribution in [0.1, 0.15) is 31.9 Å². The van der Waals surface area contributed by atoms with E-state index in [9.17, 15) is 4.79 Å². The quantitative estimate of drug-likeness (QED) is 0.633. The summed E-state index contributed by atoms with van der Waals surface area (Å²) >= 11 is 7.41. The first-order chi connectivity index (χ1) is 12.5. The number of rotatable bonds is 8. The average molecular weight is 394 g/mol. The summed E-state index contributed by atoms with van der Waals surface area (Å²) in [5.41, 5.74) is 0.988. The lowest BCUT2D eigenvalue weighted by atomic mass is 10.0. The van der Waals surface area contributed by atoms with Gasteiger partial charge in [-0.05, 0) is 55.3 Å². The Kier molecular flexibility index (Phi) is 7.66. The first kappa shape index (κ1) is 20.5. The minimum absolute atomic E-state index is 0.00779. The Hall–Kier alpha value is -1.85. The number of thioether (sulfide) groups is 1. The predicted octanol–water partition coefficient (Wildman–Crippen LogP) is 5.11. The van der Waals surface area contributed by atoms with E-state index in [1.54, 1.807) is 14.2 Å². The van der Waals surface area contributed by atoms with Gasteiger partial charge in [-0.15, -0.1) is 11.8 Å². The average Bonchev–Trinajstić information content (AvgIpc) is 2.67. The Labute approximate surface area is 164 Å². The maximum atomic E-state index is 12.6. The van der Waals surface area contributed by atoms with Gasteiger partial charge in [0.15, 0.2) is 11.5 Å². The Bertz CT molecular complexity index is 736. The van der Waals surface area contributed by atoms with Gasteiger partial charge in [0, 0.05) is 9.92 Å². The molecule has 2 aromatic rings. The normalized spacial score (nSPS) is 13.0. The van der Waals surface area contributed by atoms with Crippen LogP contribution in [-0.2, 0) is 4.79 Å². The zero-order valence-corrected chi connectivity index (χ0v) is 17.0. The van der Waals surface area contributed by atoms with Gasteiger partial charge < -0.3 is 14.8 Å². The predicted molar refractivity (Wildman–Crippen MR) is 107 cm³/mol. The van der Waals surface area contributed by atoms with E-state index in [-0.39, 0.29) is 17.2 Å². The zero-order chi connectivity index (χ0) is 19.1. The molecule has 2 aromatic carbocycles. The number of amides is 1. The molecule has 0 spiro atoms. The Morgan fingerprint density at radius 2 is 1.77 bits per heavy atom. The highest BCUT2D eigenvalue weighted by molar-refractivity contribution is 8.00. The molecule has 0 bridgehead atoms. The van der Waals surface area contributed by atoms with Crippen molar-refractivity contribution in [1.29, 1.82) is 0 Å². The molecule has 26 heavy (non-hydrogen) atoms. The van der Waals surface area contributed by atoms with E-state index in [2.05, 4.69) is 5.32 Å². The van der Waals surface area contributed by atoms with Crippen LogP contribution >= 0.6 is 23.4 Å². The fourth-order valence-corrected chi connectivity index (χ4v) is 3.55. The van der Waals surface area contributed by atoms with Crippen LogP contribution < -0.4 is 14.8 Å². The first-order valence-corrected chi connectivity index (χ1v) is 9.68. The smallest absolute Gasteiger partial charge is 0.233 e. The minimum atomic E-state index is -0.217. The summed E-state index contributed by atoms with van der Waals surface area (Å²) in [4.78, 5) is 13.6. The van der Waals surface area contributed by atoms with E-state index in [4.69, 9.17) is 21.1 Å². The van der Waals surface area contributed by atoms with Gasteiger partial charge >= 0.3 is 0 Å². The van der Waals surface area contributed by atoms with Crippen LogP contribution in [0.3, 0.4) is 0 Å². The molecule has 0 aliphatic rings. The number of nitrogens with one attached hydrogen (secondary N) is 1. The molecule has 1 N–H and O–H groups in total. The lowest BCUT2D eigenvalue weighted by Crippen LogP contribution is -2.34. The Balaban J connectivity index is 2.06. The van der Waals surface area contributed by atoms with Gasteiger partial charge in [0.1, 0.15) is 0 Å². The Morgan fingerprint density at radius 3 is 2.35 bits per heavy atom. The van der Waals surface area contributed by atoms with Crippen molar-refractivity contribution < 1.29 is 14.3 Å². The van der Waals surface area contributed by atoms with Crippen LogP contribution in [0.2, 0.25) is 5.02 Å². The standard InChI is InChI=1S/C20H24ClNO3S/c1-5-17(14-6-11-18(24-3)19(12-14)25-4)22-20(23)13(2)26-16-9-7-15(21)8-10-16/h6-13,17H,5H2,1-4H3,(H,22,23)/t13-,17-/m1/s1. The molecule has 0 aliphatic carbocycles. The van der Waals surface area contributed by atoms with Crippen LogP contribution in [0, 0.1) is 0 Å². The van der Waals surface area contributed by atoms with Crippen molar-refractivity contribution in [2.45, 2.75) is 36.5 Å². The lowest BCUT2D eigenvalue weighted by molar-refractivity contribution is -0.121. The van der Waals surface area contributed by atoms with Gasteiger partial charge in [0.05, 0.1) is 25.5 Å². The molecule has 4 nitrogen and oxygen atoms in total. The third kappa shape index (κ3) is 5.32. The van der Waals surface area contributed by atoms with Crippen LogP contribution in [0.4, 0.5) is 0 Å². The van der Waals surface area contributed by atoms with E-state index < -0.39 is 0 Å². The van der Waals surface area contributed by atoms with Gasteiger partial charge in [0.25, 0.3) is 0 Å². The van der Waals surface area contributed by atoms with Gasteiger partial charge in [-0.2, -0.15) is 0 Å². The first-order valence-electron chi connectivity index (χ1n) is 8.43. The van der Waals surface area contributed by atoms with E-state index >= 15 is 0 Å². The molecule has 0 unspecified atom stereocenters. The van der Waals surface area contributed by atoms with E-state index in [1.807, 2.05) is 56.3 Å². The topological polar surface area (TPSA) is 47.6 Å². The van der Waals surface area contributed by atoms with Gasteiger partial charge in [-0.25, -0.2) is 0 Å². The SMILES string of the molecule is CC[C@@H](NC(=O)[C@@H](C)Sc1ccc(Cl)cc1)c1ccc(OC)c(OC)c1. The molecule has 2 atom stereocenters. The van der Waals surface area contributed by atoms with Crippen molar-refractivity contribution in [1.82, 2.24) is 5.32 Å². The molecular formula is C20H24ClNO3S. The number of benzene rings is 2. The summed E-state index contributed by atoms with van der Waals surface area (Å²) in [6.45, 7) is 3.94. The maximum Gasteiger partial charge on any atom is 0.233 e. The van der Waals surface area contributed by atoms with Gasteiger partial charge in [-0.3, -0.25) is 4.79 Å². The second-order valence-corrected chi connectivity index (χ2v) is 7.65. The summed E-state index contributed by atoms with van der Waals surface area (Å²) in [5, 5.41) is 3.59. The number of ether oxygens (including phenoxy) is 2. The number of carbonyl (C=O) groups is 1. The van der Waals surface area contributed by atoms with Crippen molar-refractivity contribution >= 4 is 29.3 Å². The molecular weight excluding hydrogens is 370 g/mol. The molecule has 0 heterocycles. The molecule has 140 valence electrons. The van der Waals surface area contributed by atoms with Crippen molar-refractivity contribution in [3.63, 3.8) is 0 Å². The molecule has 2 rings (SSSR count). The number of methoxy groups -OCH3 is 2. The van der Waals surface area contributed by atoms with Crippen molar-refractivity contribution in [2.75, 3.05) is 14.2 Å². The Morgan fingerprint density at radius 1 is 1.12 bits per heavy atom. The molecule has 6 heteroatoms. The van der Waals surface area contributed by atoms with Crippen molar-refractivity contribution in [3.8, 4) is 11.5 Å². The largest absolute Gasteiger partial charge is 0.493 e. The van der Waals surface area contributed by atoms with Gasteiger partial charge in [-0.1, -0.05) is 24.6 Å². The second kappa shape index (κ2) is 9.74. The third-order valence-corrected chi connectivity index (χ3v) is 5.39. The number of halogens is 1. The molecule has 0 fully saturated rings. The summed E-state index contributed by atoms with van der Waals surface area (Å²) in [5.74, 6) is 1.32. The number of hydrogen-bond donors (Lipinski definition) is 1. The summed E-state index contributed by atoms with van der Waals surface area (Å²) in [6, 6.07) is 13.1. The van der Waals surface area contributed by atoms with E-state index in [0.717, 1.165) is 16.9 Å². The fraction of sp³-hybridized carbons (Fsp3) is 0.350.